The van der Waals surface area contributed by atoms with Crippen molar-refractivity contribution >= 4 is 5.69 Å². The summed E-state index contributed by atoms with van der Waals surface area (Å²) in [4.78, 5) is 10.3. The lowest BCUT2D eigenvalue weighted by molar-refractivity contribution is -0.384. The van der Waals surface area contributed by atoms with Gasteiger partial charge < -0.3 is 9.47 Å². The molecule has 0 radical (unpaired) electrons. The number of rotatable bonds is 5. The second-order valence-electron chi connectivity index (χ2n) is 4.75. The van der Waals surface area contributed by atoms with Crippen LogP contribution in [0.2, 0.25) is 0 Å². The zero-order chi connectivity index (χ0) is 16.1. The van der Waals surface area contributed by atoms with Gasteiger partial charge in [-0.15, -0.1) is 0 Å². The maximum absolute atomic E-state index is 10.8. The van der Waals surface area contributed by atoms with Crippen LogP contribution in [0.4, 0.5) is 5.69 Å². The number of hydrogen-bond acceptors (Lipinski definition) is 4. The summed E-state index contributed by atoms with van der Waals surface area (Å²) in [6, 6.07) is 22.5. The normalized spacial score (nSPS) is 10.1. The van der Waals surface area contributed by atoms with Crippen molar-refractivity contribution in [3.8, 4) is 23.0 Å². The third-order valence-corrected chi connectivity index (χ3v) is 3.05. The molecule has 23 heavy (non-hydrogen) atoms. The first kappa shape index (κ1) is 14.6. The van der Waals surface area contributed by atoms with Gasteiger partial charge in [0.2, 0.25) is 0 Å². The highest BCUT2D eigenvalue weighted by Gasteiger charge is 2.07. The molecule has 5 nitrogen and oxygen atoms in total. The molecule has 114 valence electrons. The molecule has 3 aromatic rings. The van der Waals surface area contributed by atoms with Crippen molar-refractivity contribution < 1.29 is 14.4 Å². The minimum Gasteiger partial charge on any atom is -0.457 e. The topological polar surface area (TPSA) is 61.6 Å². The first-order valence-electron chi connectivity index (χ1n) is 6.96. The Hall–Kier alpha value is -3.34. The van der Waals surface area contributed by atoms with E-state index in [-0.39, 0.29) is 5.69 Å². The maximum atomic E-state index is 10.8. The standard InChI is InChI=1S/C18H13NO4/c20-19(21)14-6-4-9-16(12-14)23-18-11-5-10-17(13-18)22-15-7-2-1-3-8-15/h1-13H. The Bertz CT molecular complexity index is 818. The Morgan fingerprint density at radius 2 is 1.17 bits per heavy atom. The smallest absolute Gasteiger partial charge is 0.273 e. The zero-order valence-electron chi connectivity index (χ0n) is 12.1. The highest BCUT2D eigenvalue weighted by molar-refractivity contribution is 5.42. The fraction of sp³-hybridized carbons (Fsp3) is 0. The first-order chi connectivity index (χ1) is 11.2. The van der Waals surface area contributed by atoms with E-state index in [2.05, 4.69) is 0 Å². The van der Waals surface area contributed by atoms with Gasteiger partial charge in [0.05, 0.1) is 11.0 Å². The summed E-state index contributed by atoms with van der Waals surface area (Å²) < 4.78 is 11.4. The largest absolute Gasteiger partial charge is 0.457 e. The number of nitrogens with zero attached hydrogens (tertiary/aromatic N) is 1. The van der Waals surface area contributed by atoms with E-state index in [4.69, 9.17) is 9.47 Å². The number of para-hydroxylation sites is 1. The third kappa shape index (κ3) is 3.85. The van der Waals surface area contributed by atoms with Crippen LogP contribution in [0, 0.1) is 10.1 Å². The minimum atomic E-state index is -0.457. The molecule has 3 rings (SSSR count). The van der Waals surface area contributed by atoms with E-state index in [0.29, 0.717) is 17.2 Å². The van der Waals surface area contributed by atoms with E-state index in [0.717, 1.165) is 5.75 Å². The van der Waals surface area contributed by atoms with Crippen molar-refractivity contribution in [2.45, 2.75) is 0 Å². The van der Waals surface area contributed by atoms with Crippen LogP contribution in [0.5, 0.6) is 23.0 Å². The van der Waals surface area contributed by atoms with Gasteiger partial charge in [-0.05, 0) is 30.3 Å². The summed E-state index contributed by atoms with van der Waals surface area (Å²) in [5, 5.41) is 10.8. The number of benzene rings is 3. The fourth-order valence-electron chi connectivity index (χ4n) is 2.02. The van der Waals surface area contributed by atoms with Crippen molar-refractivity contribution in [3.63, 3.8) is 0 Å². The molecule has 0 aliphatic rings. The Morgan fingerprint density at radius 1 is 0.652 bits per heavy atom. The van der Waals surface area contributed by atoms with E-state index < -0.39 is 4.92 Å². The van der Waals surface area contributed by atoms with Gasteiger partial charge in [0, 0.05) is 12.1 Å². The molecule has 3 aromatic carbocycles. The summed E-state index contributed by atoms with van der Waals surface area (Å²) in [5.41, 5.74) is -0.0146. The molecule has 0 amide bonds. The molecule has 0 aromatic heterocycles. The average Bonchev–Trinajstić information content (AvgIpc) is 2.56. The van der Waals surface area contributed by atoms with Gasteiger partial charge in [-0.1, -0.05) is 30.3 Å². The average molecular weight is 307 g/mol. The van der Waals surface area contributed by atoms with Crippen LogP contribution in [-0.2, 0) is 0 Å². The fourth-order valence-corrected chi connectivity index (χ4v) is 2.02. The van der Waals surface area contributed by atoms with E-state index >= 15 is 0 Å². The van der Waals surface area contributed by atoms with Crippen molar-refractivity contribution in [3.05, 3.63) is 89.0 Å². The number of non-ortho nitro benzene ring substituents is 1. The molecular formula is C18H13NO4. The minimum absolute atomic E-state index is 0.0146. The van der Waals surface area contributed by atoms with Crippen molar-refractivity contribution in [1.82, 2.24) is 0 Å². The molecular weight excluding hydrogens is 294 g/mol. The van der Waals surface area contributed by atoms with Crippen LogP contribution >= 0.6 is 0 Å². The van der Waals surface area contributed by atoms with Crippen LogP contribution in [-0.4, -0.2) is 4.92 Å². The quantitative estimate of drug-likeness (QED) is 0.481. The molecule has 0 saturated heterocycles. The molecule has 0 fully saturated rings. The van der Waals surface area contributed by atoms with Crippen LogP contribution in [0.15, 0.2) is 78.9 Å². The summed E-state index contributed by atoms with van der Waals surface area (Å²) in [6.07, 6.45) is 0. The van der Waals surface area contributed by atoms with E-state index in [9.17, 15) is 10.1 Å². The van der Waals surface area contributed by atoms with Crippen LogP contribution < -0.4 is 9.47 Å². The highest BCUT2D eigenvalue weighted by Crippen LogP contribution is 2.29. The van der Waals surface area contributed by atoms with Crippen LogP contribution in [0.3, 0.4) is 0 Å². The van der Waals surface area contributed by atoms with Gasteiger partial charge in [-0.25, -0.2) is 0 Å². The third-order valence-electron chi connectivity index (χ3n) is 3.05. The lowest BCUT2D eigenvalue weighted by atomic mass is 10.3. The first-order valence-corrected chi connectivity index (χ1v) is 6.96. The van der Waals surface area contributed by atoms with Gasteiger partial charge in [-0.3, -0.25) is 10.1 Å². The Morgan fingerprint density at radius 3 is 1.83 bits per heavy atom. The van der Waals surface area contributed by atoms with Crippen molar-refractivity contribution in [2.24, 2.45) is 0 Å². The molecule has 0 unspecified atom stereocenters. The second-order valence-corrected chi connectivity index (χ2v) is 4.75. The van der Waals surface area contributed by atoms with Crippen LogP contribution in [0.25, 0.3) is 0 Å². The summed E-state index contributed by atoms with van der Waals surface area (Å²) in [5.74, 6) is 2.29. The summed E-state index contributed by atoms with van der Waals surface area (Å²) >= 11 is 0. The number of nitro groups is 1. The molecule has 5 heteroatoms. The number of ether oxygens (including phenoxy) is 2. The molecule has 0 saturated carbocycles. The van der Waals surface area contributed by atoms with Gasteiger partial charge in [0.1, 0.15) is 23.0 Å². The van der Waals surface area contributed by atoms with Crippen molar-refractivity contribution in [2.75, 3.05) is 0 Å². The van der Waals surface area contributed by atoms with E-state index in [1.165, 1.54) is 12.1 Å². The Kier molecular flexibility index (Phi) is 4.20. The maximum Gasteiger partial charge on any atom is 0.273 e. The second kappa shape index (κ2) is 6.62. The van der Waals surface area contributed by atoms with Gasteiger partial charge in [0.25, 0.3) is 5.69 Å². The van der Waals surface area contributed by atoms with E-state index in [1.54, 1.807) is 30.3 Å². The van der Waals surface area contributed by atoms with Gasteiger partial charge in [0.15, 0.2) is 0 Å². The van der Waals surface area contributed by atoms with Crippen LogP contribution in [0.1, 0.15) is 0 Å². The molecule has 0 spiro atoms. The molecule has 0 N–H and O–H groups in total. The van der Waals surface area contributed by atoms with Gasteiger partial charge >= 0.3 is 0 Å². The molecule has 0 heterocycles. The van der Waals surface area contributed by atoms with Crippen molar-refractivity contribution in [1.29, 1.82) is 0 Å². The predicted octanol–water partition coefficient (Wildman–Crippen LogP) is 5.18. The monoisotopic (exact) mass is 307 g/mol. The molecule has 0 bridgehead atoms. The van der Waals surface area contributed by atoms with E-state index in [1.807, 2.05) is 36.4 Å². The number of nitro benzene ring substituents is 1. The lowest BCUT2D eigenvalue weighted by Crippen LogP contribution is -1.90. The SMILES string of the molecule is O=[N+]([O-])c1cccc(Oc2cccc(Oc3ccccc3)c2)c1. The molecule has 0 aliphatic heterocycles. The molecule has 0 atom stereocenters. The Labute approximate surface area is 132 Å². The lowest BCUT2D eigenvalue weighted by Gasteiger charge is -2.09. The summed E-state index contributed by atoms with van der Waals surface area (Å²) in [6.45, 7) is 0. The zero-order valence-corrected chi connectivity index (χ0v) is 12.1. The Balaban J connectivity index is 1.77. The highest BCUT2D eigenvalue weighted by atomic mass is 16.6. The molecule has 0 aliphatic carbocycles. The number of hydrogen-bond donors (Lipinski definition) is 0. The summed E-state index contributed by atoms with van der Waals surface area (Å²) in [7, 11) is 0. The predicted molar refractivity (Wildman–Crippen MR) is 86.1 cm³/mol. The van der Waals surface area contributed by atoms with Gasteiger partial charge in [-0.2, -0.15) is 0 Å².